The van der Waals surface area contributed by atoms with Crippen LogP contribution in [0, 0.1) is 6.92 Å². The lowest BCUT2D eigenvalue weighted by Gasteiger charge is -2.11. The molecule has 1 amide bonds. The molecular weight excluding hydrogens is 362 g/mol. The van der Waals surface area contributed by atoms with Crippen LogP contribution in [0.3, 0.4) is 0 Å². The lowest BCUT2D eigenvalue weighted by molar-refractivity contribution is 0.102. The summed E-state index contributed by atoms with van der Waals surface area (Å²) in [5.41, 5.74) is 3.36. The van der Waals surface area contributed by atoms with Crippen LogP contribution in [-0.2, 0) is 0 Å². The molecule has 27 heavy (non-hydrogen) atoms. The van der Waals surface area contributed by atoms with Gasteiger partial charge in [-0.3, -0.25) is 4.79 Å². The standard InChI is InChI=1S/C20H16ClN5O/c1-14-12-18(24-26(14)16-6-3-2-4-7-16)20(27)23-17-13-15(21)8-9-19(17)25-11-5-10-22-25/h2-13H,1H3,(H,23,27). The molecule has 134 valence electrons. The van der Waals surface area contributed by atoms with E-state index >= 15 is 0 Å². The molecule has 4 rings (SSSR count). The Morgan fingerprint density at radius 3 is 2.63 bits per heavy atom. The minimum Gasteiger partial charge on any atom is -0.319 e. The normalized spacial score (nSPS) is 10.7. The Kier molecular flexibility index (Phi) is 4.48. The first-order valence-electron chi connectivity index (χ1n) is 8.35. The van der Waals surface area contributed by atoms with Crippen LogP contribution in [0.15, 0.2) is 73.1 Å². The summed E-state index contributed by atoms with van der Waals surface area (Å²) < 4.78 is 3.40. The molecule has 0 aliphatic carbocycles. The number of amides is 1. The summed E-state index contributed by atoms with van der Waals surface area (Å²) in [6.07, 6.45) is 3.47. The zero-order chi connectivity index (χ0) is 18.8. The zero-order valence-corrected chi connectivity index (χ0v) is 15.3. The van der Waals surface area contributed by atoms with Gasteiger partial charge in [-0.2, -0.15) is 10.2 Å². The number of aryl methyl sites for hydroxylation is 1. The van der Waals surface area contributed by atoms with Gasteiger partial charge in [0.15, 0.2) is 5.69 Å². The van der Waals surface area contributed by atoms with E-state index in [1.165, 1.54) is 0 Å². The third-order valence-corrected chi connectivity index (χ3v) is 4.31. The van der Waals surface area contributed by atoms with E-state index in [0.717, 1.165) is 17.1 Å². The first kappa shape index (κ1) is 17.1. The maximum atomic E-state index is 12.8. The van der Waals surface area contributed by atoms with Crippen LogP contribution in [0.2, 0.25) is 5.02 Å². The summed E-state index contributed by atoms with van der Waals surface area (Å²) >= 11 is 6.12. The average molecular weight is 378 g/mol. The van der Waals surface area contributed by atoms with Gasteiger partial charge in [-0.05, 0) is 49.4 Å². The van der Waals surface area contributed by atoms with Gasteiger partial charge in [0.1, 0.15) is 0 Å². The molecule has 0 aliphatic rings. The van der Waals surface area contributed by atoms with Crippen molar-refractivity contribution in [3.63, 3.8) is 0 Å². The van der Waals surface area contributed by atoms with Crippen molar-refractivity contribution in [1.29, 1.82) is 0 Å². The second-order valence-corrected chi connectivity index (χ2v) is 6.42. The SMILES string of the molecule is Cc1cc(C(=O)Nc2cc(Cl)ccc2-n2cccn2)nn1-c1ccccc1. The van der Waals surface area contributed by atoms with Gasteiger partial charge in [0.2, 0.25) is 0 Å². The number of benzene rings is 2. The van der Waals surface area contributed by atoms with E-state index in [1.54, 1.807) is 46.0 Å². The second kappa shape index (κ2) is 7.09. The topological polar surface area (TPSA) is 64.7 Å². The smallest absolute Gasteiger partial charge is 0.276 e. The highest BCUT2D eigenvalue weighted by Gasteiger charge is 2.16. The monoisotopic (exact) mass is 377 g/mol. The fourth-order valence-electron chi connectivity index (χ4n) is 2.82. The Hall–Kier alpha value is -3.38. The van der Waals surface area contributed by atoms with Crippen molar-refractivity contribution in [3.05, 3.63) is 89.5 Å². The fraction of sp³-hybridized carbons (Fsp3) is 0.0500. The fourth-order valence-corrected chi connectivity index (χ4v) is 2.99. The third kappa shape index (κ3) is 3.47. The summed E-state index contributed by atoms with van der Waals surface area (Å²) in [6.45, 7) is 1.91. The van der Waals surface area contributed by atoms with Crippen LogP contribution in [-0.4, -0.2) is 25.5 Å². The van der Waals surface area contributed by atoms with Crippen LogP contribution in [0.1, 0.15) is 16.2 Å². The molecule has 2 aromatic carbocycles. The maximum Gasteiger partial charge on any atom is 0.276 e. The summed E-state index contributed by atoms with van der Waals surface area (Å²) in [5, 5.41) is 12.1. The highest BCUT2D eigenvalue weighted by molar-refractivity contribution is 6.31. The Labute approximate surface area is 161 Å². The number of rotatable bonds is 4. The molecule has 0 atom stereocenters. The molecule has 0 unspecified atom stereocenters. The van der Waals surface area contributed by atoms with E-state index in [1.807, 2.05) is 43.3 Å². The van der Waals surface area contributed by atoms with Gasteiger partial charge < -0.3 is 5.32 Å². The summed E-state index contributed by atoms with van der Waals surface area (Å²) in [6, 6.07) is 18.5. The molecule has 0 radical (unpaired) electrons. The number of nitrogens with zero attached hydrogens (tertiary/aromatic N) is 4. The molecule has 6 nitrogen and oxygen atoms in total. The van der Waals surface area contributed by atoms with Gasteiger partial charge in [-0.1, -0.05) is 29.8 Å². The Bertz CT molecular complexity index is 1090. The van der Waals surface area contributed by atoms with Crippen LogP contribution in [0.5, 0.6) is 0 Å². The van der Waals surface area contributed by atoms with Crippen molar-refractivity contribution in [2.24, 2.45) is 0 Å². The van der Waals surface area contributed by atoms with E-state index in [4.69, 9.17) is 11.6 Å². The molecule has 7 heteroatoms. The van der Waals surface area contributed by atoms with Crippen molar-refractivity contribution in [2.75, 3.05) is 5.32 Å². The molecule has 2 heterocycles. The molecule has 0 spiro atoms. The lowest BCUT2D eigenvalue weighted by Crippen LogP contribution is -2.15. The third-order valence-electron chi connectivity index (χ3n) is 4.08. The van der Waals surface area contributed by atoms with E-state index in [9.17, 15) is 4.79 Å². The predicted molar refractivity (Wildman–Crippen MR) is 105 cm³/mol. The van der Waals surface area contributed by atoms with Crippen LogP contribution >= 0.6 is 11.6 Å². The number of halogens is 1. The van der Waals surface area contributed by atoms with E-state index < -0.39 is 0 Å². The number of aromatic nitrogens is 4. The molecule has 0 aliphatic heterocycles. The number of carbonyl (C=O) groups excluding carboxylic acids is 1. The molecule has 1 N–H and O–H groups in total. The first-order chi connectivity index (χ1) is 13.1. The number of nitrogens with one attached hydrogen (secondary N) is 1. The van der Waals surface area contributed by atoms with Crippen molar-refractivity contribution < 1.29 is 4.79 Å². The van der Waals surface area contributed by atoms with Crippen LogP contribution in [0.4, 0.5) is 5.69 Å². The summed E-state index contributed by atoms with van der Waals surface area (Å²) in [5.74, 6) is -0.316. The average Bonchev–Trinajstić information content (AvgIpc) is 3.32. The van der Waals surface area contributed by atoms with Gasteiger partial charge in [0.25, 0.3) is 5.91 Å². The Morgan fingerprint density at radius 1 is 1.07 bits per heavy atom. The molecule has 0 bridgehead atoms. The highest BCUT2D eigenvalue weighted by Crippen LogP contribution is 2.25. The number of carbonyl (C=O) groups is 1. The van der Waals surface area contributed by atoms with Crippen molar-refractivity contribution in [3.8, 4) is 11.4 Å². The Balaban J connectivity index is 1.65. The molecule has 0 saturated carbocycles. The second-order valence-electron chi connectivity index (χ2n) is 5.98. The minimum atomic E-state index is -0.316. The summed E-state index contributed by atoms with van der Waals surface area (Å²) in [4.78, 5) is 12.8. The van der Waals surface area contributed by atoms with Crippen LogP contribution in [0.25, 0.3) is 11.4 Å². The molecule has 0 fully saturated rings. The van der Waals surface area contributed by atoms with Gasteiger partial charge >= 0.3 is 0 Å². The van der Waals surface area contributed by atoms with Crippen molar-refractivity contribution in [2.45, 2.75) is 6.92 Å². The molecule has 2 aromatic heterocycles. The number of anilines is 1. The highest BCUT2D eigenvalue weighted by atomic mass is 35.5. The van der Waals surface area contributed by atoms with Gasteiger partial charge in [0.05, 0.1) is 17.1 Å². The predicted octanol–water partition coefficient (Wildman–Crippen LogP) is 4.27. The largest absolute Gasteiger partial charge is 0.319 e. The van der Waals surface area contributed by atoms with Gasteiger partial charge in [0, 0.05) is 23.1 Å². The van der Waals surface area contributed by atoms with E-state index in [-0.39, 0.29) is 5.91 Å². The maximum absolute atomic E-state index is 12.8. The number of hydrogen-bond donors (Lipinski definition) is 1. The van der Waals surface area contributed by atoms with Crippen molar-refractivity contribution >= 4 is 23.2 Å². The van der Waals surface area contributed by atoms with Crippen LogP contribution < -0.4 is 5.32 Å². The van der Waals surface area contributed by atoms with Gasteiger partial charge in [-0.15, -0.1) is 0 Å². The number of para-hydroxylation sites is 1. The van der Waals surface area contributed by atoms with E-state index in [0.29, 0.717) is 16.4 Å². The number of hydrogen-bond acceptors (Lipinski definition) is 3. The Morgan fingerprint density at radius 2 is 1.89 bits per heavy atom. The summed E-state index contributed by atoms with van der Waals surface area (Å²) in [7, 11) is 0. The van der Waals surface area contributed by atoms with Gasteiger partial charge in [-0.25, -0.2) is 9.36 Å². The zero-order valence-electron chi connectivity index (χ0n) is 14.5. The molecular formula is C20H16ClN5O. The minimum absolute atomic E-state index is 0.316. The molecule has 4 aromatic rings. The van der Waals surface area contributed by atoms with Crippen molar-refractivity contribution in [1.82, 2.24) is 19.6 Å². The lowest BCUT2D eigenvalue weighted by atomic mass is 10.2. The molecule has 0 saturated heterocycles. The first-order valence-corrected chi connectivity index (χ1v) is 8.72. The van der Waals surface area contributed by atoms with E-state index in [2.05, 4.69) is 15.5 Å². The quantitative estimate of drug-likeness (QED) is 0.577.